The van der Waals surface area contributed by atoms with Crippen LogP contribution in [0, 0.1) is 6.92 Å². The molecule has 0 unspecified atom stereocenters. The minimum Gasteiger partial charge on any atom is -0.496 e. The summed E-state index contributed by atoms with van der Waals surface area (Å²) in [4.78, 5) is 12.7. The number of aromatic nitrogens is 6. The van der Waals surface area contributed by atoms with Gasteiger partial charge < -0.3 is 25.4 Å². The lowest BCUT2D eigenvalue weighted by Crippen LogP contribution is -2.10. The Bertz CT molecular complexity index is 1150. The van der Waals surface area contributed by atoms with Crippen molar-refractivity contribution in [1.29, 1.82) is 0 Å². The van der Waals surface area contributed by atoms with E-state index in [4.69, 9.17) is 15.0 Å². The molecule has 0 radical (unpaired) electrons. The van der Waals surface area contributed by atoms with Gasteiger partial charge in [-0.1, -0.05) is 17.3 Å². The van der Waals surface area contributed by atoms with E-state index in [0.717, 1.165) is 11.1 Å². The lowest BCUT2D eigenvalue weighted by Gasteiger charge is -2.12. The van der Waals surface area contributed by atoms with E-state index in [9.17, 15) is 5.11 Å². The van der Waals surface area contributed by atoms with E-state index >= 15 is 0 Å². The SMILES string of the molecule is COc1cc(CO)ccc1Cn1ncc2nc(N)nc(NCc3noc(C)n3)c21. The van der Waals surface area contributed by atoms with Crippen molar-refractivity contribution in [2.24, 2.45) is 0 Å². The number of aryl methyl sites for hydroxylation is 1. The van der Waals surface area contributed by atoms with Crippen LogP contribution in [-0.2, 0) is 19.7 Å². The van der Waals surface area contributed by atoms with E-state index < -0.39 is 0 Å². The van der Waals surface area contributed by atoms with Crippen LogP contribution in [0.15, 0.2) is 28.9 Å². The second-order valence-electron chi connectivity index (χ2n) is 6.35. The largest absolute Gasteiger partial charge is 0.496 e. The number of methoxy groups -OCH3 is 1. The second-order valence-corrected chi connectivity index (χ2v) is 6.35. The summed E-state index contributed by atoms with van der Waals surface area (Å²) in [7, 11) is 1.59. The molecule has 4 rings (SSSR count). The molecule has 0 amide bonds. The first-order valence-corrected chi connectivity index (χ1v) is 8.86. The highest BCUT2D eigenvalue weighted by Crippen LogP contribution is 2.26. The highest BCUT2D eigenvalue weighted by Gasteiger charge is 2.15. The Morgan fingerprint density at radius 1 is 1.28 bits per heavy atom. The Kier molecular flexibility index (Phi) is 4.96. The monoisotopic (exact) mass is 396 g/mol. The quantitative estimate of drug-likeness (QED) is 0.416. The van der Waals surface area contributed by atoms with E-state index in [1.165, 1.54) is 0 Å². The molecule has 0 saturated heterocycles. The molecule has 0 saturated carbocycles. The molecule has 3 heterocycles. The highest BCUT2D eigenvalue weighted by atomic mass is 16.5. The number of anilines is 2. The molecule has 0 atom stereocenters. The summed E-state index contributed by atoms with van der Waals surface area (Å²) in [6.07, 6.45) is 1.63. The Morgan fingerprint density at radius 2 is 2.14 bits per heavy atom. The number of nitrogen functional groups attached to an aromatic ring is 1. The van der Waals surface area contributed by atoms with E-state index in [0.29, 0.717) is 47.4 Å². The Balaban J connectivity index is 1.68. The molecule has 11 heteroatoms. The molecule has 4 aromatic rings. The first kappa shape index (κ1) is 18.6. The molecule has 29 heavy (non-hydrogen) atoms. The smallest absolute Gasteiger partial charge is 0.223 e. The van der Waals surface area contributed by atoms with Gasteiger partial charge in [0.05, 0.1) is 33.0 Å². The molecule has 3 aromatic heterocycles. The fraction of sp³-hybridized carbons (Fsp3) is 0.278. The number of ether oxygens (including phenoxy) is 1. The topological polar surface area (TPSA) is 150 Å². The van der Waals surface area contributed by atoms with E-state index in [1.807, 2.05) is 12.1 Å². The fourth-order valence-electron chi connectivity index (χ4n) is 3.02. The summed E-state index contributed by atoms with van der Waals surface area (Å²) >= 11 is 0. The maximum absolute atomic E-state index is 9.34. The Morgan fingerprint density at radius 3 is 2.86 bits per heavy atom. The normalized spacial score (nSPS) is 11.1. The van der Waals surface area contributed by atoms with Crippen molar-refractivity contribution < 1.29 is 14.4 Å². The number of nitrogens with one attached hydrogen (secondary N) is 1. The third-order valence-electron chi connectivity index (χ3n) is 4.34. The molecular formula is C18H20N8O3. The first-order valence-electron chi connectivity index (χ1n) is 8.86. The van der Waals surface area contributed by atoms with Crippen LogP contribution in [0.2, 0.25) is 0 Å². The van der Waals surface area contributed by atoms with Gasteiger partial charge in [-0.05, 0) is 11.6 Å². The molecule has 1 aromatic carbocycles. The van der Waals surface area contributed by atoms with Crippen molar-refractivity contribution in [3.8, 4) is 5.75 Å². The van der Waals surface area contributed by atoms with Crippen molar-refractivity contribution in [3.05, 3.63) is 47.2 Å². The van der Waals surface area contributed by atoms with Gasteiger partial charge in [-0.2, -0.15) is 15.1 Å². The Labute approximate surface area is 165 Å². The number of nitrogens with zero attached hydrogens (tertiary/aromatic N) is 6. The zero-order chi connectivity index (χ0) is 20.4. The van der Waals surface area contributed by atoms with Crippen LogP contribution in [0.5, 0.6) is 5.75 Å². The van der Waals surface area contributed by atoms with Crippen LogP contribution < -0.4 is 15.8 Å². The average molecular weight is 396 g/mol. The predicted molar refractivity (Wildman–Crippen MR) is 104 cm³/mol. The van der Waals surface area contributed by atoms with Crippen molar-refractivity contribution in [3.63, 3.8) is 0 Å². The number of aliphatic hydroxyl groups is 1. The second kappa shape index (κ2) is 7.72. The van der Waals surface area contributed by atoms with E-state index in [-0.39, 0.29) is 12.6 Å². The van der Waals surface area contributed by atoms with Gasteiger partial charge in [0.25, 0.3) is 0 Å². The standard InChI is InChI=1S/C18H20N8O3/c1-10-22-15(25-29-10)7-20-17-16-13(23-18(19)24-17)6-21-26(16)8-12-4-3-11(9-27)5-14(12)28-2/h3-6,27H,7-9H2,1-2H3,(H3,19,20,23,24). The third-order valence-corrected chi connectivity index (χ3v) is 4.34. The minimum absolute atomic E-state index is 0.0575. The molecule has 0 aliphatic carbocycles. The first-order chi connectivity index (χ1) is 14.1. The van der Waals surface area contributed by atoms with Crippen LogP contribution >= 0.6 is 0 Å². The van der Waals surface area contributed by atoms with Crippen LogP contribution in [0.3, 0.4) is 0 Å². The molecule has 0 spiro atoms. The third kappa shape index (κ3) is 3.80. The highest BCUT2D eigenvalue weighted by molar-refractivity contribution is 5.86. The molecule has 0 fully saturated rings. The molecule has 0 aliphatic rings. The van der Waals surface area contributed by atoms with Gasteiger partial charge in [0, 0.05) is 12.5 Å². The number of hydrogen-bond acceptors (Lipinski definition) is 10. The van der Waals surface area contributed by atoms with Gasteiger partial charge in [-0.15, -0.1) is 0 Å². The van der Waals surface area contributed by atoms with Crippen LogP contribution in [0.1, 0.15) is 22.8 Å². The van der Waals surface area contributed by atoms with Crippen LogP contribution in [-0.4, -0.2) is 42.1 Å². The van der Waals surface area contributed by atoms with Gasteiger partial charge in [0.2, 0.25) is 11.8 Å². The zero-order valence-electron chi connectivity index (χ0n) is 16.0. The van der Waals surface area contributed by atoms with Gasteiger partial charge in [-0.3, -0.25) is 4.68 Å². The van der Waals surface area contributed by atoms with Crippen molar-refractivity contribution >= 4 is 22.8 Å². The summed E-state index contributed by atoms with van der Waals surface area (Å²) < 4.78 is 12.2. The maximum atomic E-state index is 9.34. The summed E-state index contributed by atoms with van der Waals surface area (Å²) in [6.45, 7) is 2.39. The van der Waals surface area contributed by atoms with Crippen LogP contribution in [0.25, 0.3) is 11.0 Å². The molecule has 11 nitrogen and oxygen atoms in total. The summed E-state index contributed by atoms with van der Waals surface area (Å²) in [5, 5.41) is 20.8. The number of fused-ring (bicyclic) bond motifs is 1. The number of aliphatic hydroxyl groups excluding tert-OH is 1. The Hall–Kier alpha value is -3.73. The lowest BCUT2D eigenvalue weighted by molar-refractivity contribution is 0.281. The van der Waals surface area contributed by atoms with Gasteiger partial charge in [0.1, 0.15) is 16.8 Å². The van der Waals surface area contributed by atoms with Crippen LogP contribution in [0.4, 0.5) is 11.8 Å². The van der Waals surface area contributed by atoms with Crippen molar-refractivity contribution in [2.75, 3.05) is 18.2 Å². The molecular weight excluding hydrogens is 376 g/mol. The van der Waals surface area contributed by atoms with Crippen molar-refractivity contribution in [1.82, 2.24) is 29.9 Å². The number of rotatable bonds is 7. The van der Waals surface area contributed by atoms with Gasteiger partial charge in [0.15, 0.2) is 11.6 Å². The maximum Gasteiger partial charge on any atom is 0.223 e. The number of hydrogen-bond donors (Lipinski definition) is 3. The molecule has 0 bridgehead atoms. The summed E-state index contributed by atoms with van der Waals surface area (Å²) in [5.74, 6) is 2.29. The van der Waals surface area contributed by atoms with Gasteiger partial charge in [-0.25, -0.2) is 4.98 Å². The minimum atomic E-state index is -0.0575. The van der Waals surface area contributed by atoms with Crippen molar-refractivity contribution in [2.45, 2.75) is 26.6 Å². The van der Waals surface area contributed by atoms with E-state index in [2.05, 4.69) is 30.5 Å². The van der Waals surface area contributed by atoms with Gasteiger partial charge >= 0.3 is 0 Å². The average Bonchev–Trinajstić information content (AvgIpc) is 3.32. The number of benzene rings is 1. The predicted octanol–water partition coefficient (Wildman–Crippen LogP) is 1.26. The summed E-state index contributed by atoms with van der Waals surface area (Å²) in [5.41, 5.74) is 8.80. The summed E-state index contributed by atoms with van der Waals surface area (Å²) in [6, 6.07) is 5.54. The van der Waals surface area contributed by atoms with E-state index in [1.54, 1.807) is 31.0 Å². The molecule has 150 valence electrons. The molecule has 0 aliphatic heterocycles. The fourth-order valence-corrected chi connectivity index (χ4v) is 3.02. The lowest BCUT2D eigenvalue weighted by atomic mass is 10.1. The zero-order valence-corrected chi connectivity index (χ0v) is 16.0. The number of nitrogens with two attached hydrogens (primary N) is 1. The molecule has 4 N–H and O–H groups in total.